The number of carbonyl (C=O) groups excluding carboxylic acids is 1. The van der Waals surface area contributed by atoms with Gasteiger partial charge in [-0.2, -0.15) is 0 Å². The summed E-state index contributed by atoms with van der Waals surface area (Å²) in [6, 6.07) is 0.565. The molecule has 2 nitrogen and oxygen atoms in total. The molecule has 1 fully saturated rings. The Hall–Kier alpha value is -0.370. The van der Waals surface area contributed by atoms with Crippen LogP contribution in [0.1, 0.15) is 20.3 Å². The molecule has 0 amide bonds. The molecule has 1 saturated heterocycles. The van der Waals surface area contributed by atoms with Crippen LogP contribution in [-0.4, -0.2) is 30.8 Å². The highest BCUT2D eigenvalue weighted by Gasteiger charge is 2.36. The molecule has 0 aromatic rings. The van der Waals surface area contributed by atoms with Crippen molar-refractivity contribution >= 4 is 6.29 Å². The molecule has 1 aliphatic rings. The highest BCUT2D eigenvalue weighted by atomic mass is 16.1. The molecule has 1 rings (SSSR count). The van der Waals surface area contributed by atoms with Crippen LogP contribution in [0.5, 0.6) is 0 Å². The maximum absolute atomic E-state index is 10.6. The zero-order valence-electron chi connectivity index (χ0n) is 6.92. The second-order valence-electron chi connectivity index (χ2n) is 3.74. The molecule has 0 saturated carbocycles. The molecular formula is C8H15NO. The average molecular weight is 141 g/mol. The summed E-state index contributed by atoms with van der Waals surface area (Å²) in [5.74, 6) is 0. The van der Waals surface area contributed by atoms with Crippen molar-refractivity contribution in [1.82, 2.24) is 4.90 Å². The van der Waals surface area contributed by atoms with E-state index in [0.29, 0.717) is 6.04 Å². The molecule has 1 aliphatic heterocycles. The molecule has 58 valence electrons. The Morgan fingerprint density at radius 2 is 2.30 bits per heavy atom. The molecule has 0 bridgehead atoms. The van der Waals surface area contributed by atoms with Crippen molar-refractivity contribution in [3.8, 4) is 0 Å². The van der Waals surface area contributed by atoms with E-state index in [0.717, 1.165) is 19.3 Å². The molecule has 1 heterocycles. The first-order valence-electron chi connectivity index (χ1n) is 3.74. The molecule has 2 atom stereocenters. The number of aldehydes is 1. The SMILES string of the molecule is CC1CC(C)(C=O)CN1C. The van der Waals surface area contributed by atoms with Crippen LogP contribution >= 0.6 is 0 Å². The normalized spacial score (nSPS) is 42.1. The van der Waals surface area contributed by atoms with E-state index in [9.17, 15) is 4.79 Å². The summed E-state index contributed by atoms with van der Waals surface area (Å²) in [6.07, 6.45) is 2.10. The molecule has 0 N–H and O–H groups in total. The number of hydrogen-bond acceptors (Lipinski definition) is 2. The molecule has 0 aliphatic carbocycles. The van der Waals surface area contributed by atoms with Gasteiger partial charge in [-0.15, -0.1) is 0 Å². The number of carbonyl (C=O) groups is 1. The van der Waals surface area contributed by atoms with Gasteiger partial charge in [-0.25, -0.2) is 0 Å². The van der Waals surface area contributed by atoms with Gasteiger partial charge in [-0.05, 0) is 20.4 Å². The Kier molecular flexibility index (Phi) is 1.82. The third kappa shape index (κ3) is 1.21. The molecule has 0 radical (unpaired) electrons. The van der Waals surface area contributed by atoms with Crippen molar-refractivity contribution in [1.29, 1.82) is 0 Å². The van der Waals surface area contributed by atoms with Crippen molar-refractivity contribution in [2.45, 2.75) is 26.3 Å². The fourth-order valence-corrected chi connectivity index (χ4v) is 1.71. The Morgan fingerprint density at radius 3 is 2.50 bits per heavy atom. The van der Waals surface area contributed by atoms with Crippen LogP contribution in [0.25, 0.3) is 0 Å². The molecule has 2 unspecified atom stereocenters. The van der Waals surface area contributed by atoms with Crippen molar-refractivity contribution in [2.75, 3.05) is 13.6 Å². The number of hydrogen-bond donors (Lipinski definition) is 0. The number of rotatable bonds is 1. The van der Waals surface area contributed by atoms with Gasteiger partial charge in [0, 0.05) is 18.0 Å². The van der Waals surface area contributed by atoms with Crippen molar-refractivity contribution in [3.05, 3.63) is 0 Å². The molecule has 0 aromatic heterocycles. The fourth-order valence-electron chi connectivity index (χ4n) is 1.71. The lowest BCUT2D eigenvalue weighted by Gasteiger charge is -2.14. The van der Waals surface area contributed by atoms with E-state index in [1.807, 2.05) is 6.92 Å². The summed E-state index contributed by atoms with van der Waals surface area (Å²) in [4.78, 5) is 12.8. The monoisotopic (exact) mass is 141 g/mol. The number of nitrogens with zero attached hydrogens (tertiary/aromatic N) is 1. The van der Waals surface area contributed by atoms with E-state index in [2.05, 4.69) is 18.9 Å². The zero-order chi connectivity index (χ0) is 7.78. The Bertz CT molecular complexity index is 134. The van der Waals surface area contributed by atoms with Gasteiger partial charge in [0.05, 0.1) is 0 Å². The van der Waals surface area contributed by atoms with Crippen LogP contribution in [0.4, 0.5) is 0 Å². The van der Waals surface area contributed by atoms with E-state index in [4.69, 9.17) is 0 Å². The summed E-state index contributed by atoms with van der Waals surface area (Å²) in [5, 5.41) is 0. The Morgan fingerprint density at radius 1 is 1.70 bits per heavy atom. The van der Waals surface area contributed by atoms with Gasteiger partial charge in [0.1, 0.15) is 6.29 Å². The van der Waals surface area contributed by atoms with E-state index >= 15 is 0 Å². The molecule has 10 heavy (non-hydrogen) atoms. The molecular weight excluding hydrogens is 126 g/mol. The van der Waals surface area contributed by atoms with Gasteiger partial charge < -0.3 is 9.69 Å². The van der Waals surface area contributed by atoms with Crippen LogP contribution in [0.15, 0.2) is 0 Å². The van der Waals surface area contributed by atoms with Crippen LogP contribution in [0.2, 0.25) is 0 Å². The maximum Gasteiger partial charge on any atom is 0.127 e. The zero-order valence-corrected chi connectivity index (χ0v) is 6.92. The van der Waals surface area contributed by atoms with E-state index in [-0.39, 0.29) is 5.41 Å². The second-order valence-corrected chi connectivity index (χ2v) is 3.74. The quantitative estimate of drug-likeness (QED) is 0.506. The van der Waals surface area contributed by atoms with Crippen LogP contribution in [-0.2, 0) is 4.79 Å². The van der Waals surface area contributed by atoms with Crippen molar-refractivity contribution < 1.29 is 4.79 Å². The predicted octanol–water partition coefficient (Wildman–Crippen LogP) is 0.916. The third-order valence-electron chi connectivity index (χ3n) is 2.41. The lowest BCUT2D eigenvalue weighted by molar-refractivity contribution is -0.114. The van der Waals surface area contributed by atoms with E-state index < -0.39 is 0 Å². The maximum atomic E-state index is 10.6. The minimum atomic E-state index is -0.0752. The third-order valence-corrected chi connectivity index (χ3v) is 2.41. The van der Waals surface area contributed by atoms with Gasteiger partial charge in [-0.3, -0.25) is 0 Å². The second kappa shape index (κ2) is 2.35. The summed E-state index contributed by atoms with van der Waals surface area (Å²) in [5.41, 5.74) is -0.0752. The van der Waals surface area contributed by atoms with E-state index in [1.54, 1.807) is 0 Å². The summed E-state index contributed by atoms with van der Waals surface area (Å²) in [7, 11) is 2.07. The first kappa shape index (κ1) is 7.73. The van der Waals surface area contributed by atoms with Crippen LogP contribution in [0, 0.1) is 5.41 Å². The molecule has 2 heteroatoms. The summed E-state index contributed by atoms with van der Waals surface area (Å²) < 4.78 is 0. The van der Waals surface area contributed by atoms with Gasteiger partial charge in [0.25, 0.3) is 0 Å². The minimum Gasteiger partial charge on any atom is -0.303 e. The lowest BCUT2D eigenvalue weighted by atomic mass is 9.90. The van der Waals surface area contributed by atoms with E-state index in [1.165, 1.54) is 0 Å². The van der Waals surface area contributed by atoms with Gasteiger partial charge in [0.2, 0.25) is 0 Å². The van der Waals surface area contributed by atoms with Crippen molar-refractivity contribution in [3.63, 3.8) is 0 Å². The highest BCUT2D eigenvalue weighted by molar-refractivity contribution is 5.59. The van der Waals surface area contributed by atoms with Gasteiger partial charge in [0.15, 0.2) is 0 Å². The van der Waals surface area contributed by atoms with Crippen LogP contribution < -0.4 is 0 Å². The van der Waals surface area contributed by atoms with Gasteiger partial charge >= 0.3 is 0 Å². The van der Waals surface area contributed by atoms with Crippen LogP contribution in [0.3, 0.4) is 0 Å². The fraction of sp³-hybridized carbons (Fsp3) is 0.875. The lowest BCUT2D eigenvalue weighted by Crippen LogP contribution is -2.24. The Labute approximate surface area is 62.2 Å². The topological polar surface area (TPSA) is 20.3 Å². The standard InChI is InChI=1S/C8H15NO/c1-7-4-8(2,6-10)5-9(7)3/h6-7H,4-5H2,1-3H3. The molecule has 0 aromatic carbocycles. The van der Waals surface area contributed by atoms with Crippen molar-refractivity contribution in [2.24, 2.45) is 5.41 Å². The first-order valence-corrected chi connectivity index (χ1v) is 3.74. The summed E-state index contributed by atoms with van der Waals surface area (Å²) in [6.45, 7) is 5.10. The smallest absolute Gasteiger partial charge is 0.127 e. The highest BCUT2D eigenvalue weighted by Crippen LogP contribution is 2.30. The largest absolute Gasteiger partial charge is 0.303 e. The van der Waals surface area contributed by atoms with Gasteiger partial charge in [-0.1, -0.05) is 6.92 Å². The minimum absolute atomic E-state index is 0.0752. The predicted molar refractivity (Wildman–Crippen MR) is 40.9 cm³/mol. The number of likely N-dealkylation sites (tertiary alicyclic amines) is 1. The molecule has 0 spiro atoms. The Balaban J connectivity index is 2.63. The first-order chi connectivity index (χ1) is 4.57. The average Bonchev–Trinajstić information content (AvgIpc) is 2.10. The summed E-state index contributed by atoms with van der Waals surface area (Å²) >= 11 is 0.